The third-order valence-corrected chi connectivity index (χ3v) is 6.68. The van der Waals surface area contributed by atoms with Gasteiger partial charge in [0, 0.05) is 22.8 Å². The second-order valence-electron chi connectivity index (χ2n) is 8.08. The van der Waals surface area contributed by atoms with Gasteiger partial charge in [-0.1, -0.05) is 35.9 Å². The van der Waals surface area contributed by atoms with Gasteiger partial charge in [0.1, 0.15) is 11.1 Å². The molecule has 0 saturated carbocycles. The van der Waals surface area contributed by atoms with Gasteiger partial charge in [-0.05, 0) is 73.5 Å². The minimum atomic E-state index is -0.188. The highest BCUT2D eigenvalue weighted by atomic mass is 35.5. The molecule has 0 radical (unpaired) electrons. The van der Waals surface area contributed by atoms with Gasteiger partial charge in [-0.15, -0.1) is 11.8 Å². The molecule has 1 saturated heterocycles. The van der Waals surface area contributed by atoms with E-state index in [0.29, 0.717) is 28.6 Å². The largest absolute Gasteiger partial charge is 0.491 e. The molecule has 0 spiro atoms. The van der Waals surface area contributed by atoms with Gasteiger partial charge in [0.15, 0.2) is 0 Å². The average Bonchev–Trinajstić information content (AvgIpc) is 3.16. The predicted octanol–water partition coefficient (Wildman–Crippen LogP) is 6.15. The summed E-state index contributed by atoms with van der Waals surface area (Å²) >= 11 is 7.57. The first-order valence-corrected chi connectivity index (χ1v) is 12.2. The molecule has 1 N–H and O–H groups in total. The van der Waals surface area contributed by atoms with Crippen LogP contribution < -0.4 is 10.1 Å². The molecule has 3 aromatic rings. The van der Waals surface area contributed by atoms with Crippen LogP contribution in [-0.4, -0.2) is 28.6 Å². The average molecular weight is 481 g/mol. The zero-order valence-corrected chi connectivity index (χ0v) is 20.0. The zero-order chi connectivity index (χ0) is 23.4. The number of hydrogen-bond donors (Lipinski definition) is 1. The summed E-state index contributed by atoms with van der Waals surface area (Å²) in [6.07, 6.45) is 0.0967. The first-order chi connectivity index (χ1) is 15.9. The lowest BCUT2D eigenvalue weighted by molar-refractivity contribution is -0.128. The Morgan fingerprint density at radius 1 is 1.06 bits per heavy atom. The van der Waals surface area contributed by atoms with Crippen LogP contribution >= 0.6 is 23.4 Å². The maximum atomic E-state index is 12.7. The number of carbonyl (C=O) groups excluding carboxylic acids is 2. The van der Waals surface area contributed by atoms with Crippen LogP contribution in [0, 0.1) is 0 Å². The van der Waals surface area contributed by atoms with Gasteiger partial charge in [0.25, 0.3) is 5.91 Å². The lowest BCUT2D eigenvalue weighted by Gasteiger charge is -2.24. The van der Waals surface area contributed by atoms with E-state index in [0.717, 1.165) is 16.9 Å². The fourth-order valence-electron chi connectivity index (χ4n) is 3.58. The summed E-state index contributed by atoms with van der Waals surface area (Å²) in [6.45, 7) is 4.46. The van der Waals surface area contributed by atoms with Crippen LogP contribution in [0.5, 0.6) is 5.75 Å². The fraction of sp³-hybridized carbons (Fsp3) is 0.231. The third-order valence-electron chi connectivity index (χ3n) is 5.18. The van der Waals surface area contributed by atoms with Gasteiger partial charge in [-0.2, -0.15) is 0 Å². The molecule has 0 aromatic heterocycles. The predicted molar refractivity (Wildman–Crippen MR) is 134 cm³/mol. The monoisotopic (exact) mass is 480 g/mol. The summed E-state index contributed by atoms with van der Waals surface area (Å²) in [5.41, 5.74) is 3.28. The number of benzene rings is 3. The Kier molecular flexibility index (Phi) is 7.26. The highest BCUT2D eigenvalue weighted by Crippen LogP contribution is 2.39. The molecule has 0 bridgehead atoms. The van der Waals surface area contributed by atoms with Crippen molar-refractivity contribution in [2.24, 2.45) is 0 Å². The van der Waals surface area contributed by atoms with Crippen LogP contribution in [0.2, 0.25) is 5.02 Å². The van der Waals surface area contributed by atoms with E-state index in [2.05, 4.69) is 5.32 Å². The van der Waals surface area contributed by atoms with Gasteiger partial charge >= 0.3 is 0 Å². The normalized spacial score (nSPS) is 15.7. The van der Waals surface area contributed by atoms with Gasteiger partial charge in [-0.3, -0.25) is 9.59 Å². The van der Waals surface area contributed by atoms with E-state index < -0.39 is 0 Å². The SMILES string of the molecule is CC(C)Oc1ccc(NC(=O)c2ccc([C@H]3SCC(=O)N3Cc3ccc(Cl)cc3)cc2)cc1. The van der Waals surface area contributed by atoms with Crippen molar-refractivity contribution in [3.63, 3.8) is 0 Å². The van der Waals surface area contributed by atoms with Gasteiger partial charge in [-0.25, -0.2) is 0 Å². The van der Waals surface area contributed by atoms with Crippen molar-refractivity contribution >= 4 is 40.9 Å². The molecular formula is C26H25ClN2O3S. The van der Waals surface area contributed by atoms with Crippen LogP contribution in [0.1, 0.15) is 40.7 Å². The van der Waals surface area contributed by atoms with Crippen LogP contribution in [0.15, 0.2) is 72.8 Å². The topological polar surface area (TPSA) is 58.6 Å². The van der Waals surface area contributed by atoms with Gasteiger partial charge in [0.05, 0.1) is 11.9 Å². The standard InChI is InChI=1S/C26H25ClN2O3S/c1-17(2)32-23-13-11-22(12-14-23)28-25(31)19-5-7-20(8-6-19)26-29(24(30)16-33-26)15-18-3-9-21(27)10-4-18/h3-14,17,26H,15-16H2,1-2H3,(H,28,31)/t26-/m1/s1. The Labute approximate surface area is 203 Å². The molecule has 1 aliphatic rings. The van der Waals surface area contributed by atoms with Crippen molar-refractivity contribution in [1.82, 2.24) is 4.90 Å². The molecule has 4 rings (SSSR count). The minimum absolute atomic E-state index is 0.0845. The molecule has 1 aliphatic heterocycles. The van der Waals surface area contributed by atoms with Crippen molar-refractivity contribution in [3.05, 3.63) is 94.5 Å². The molecule has 33 heavy (non-hydrogen) atoms. The summed E-state index contributed by atoms with van der Waals surface area (Å²) in [4.78, 5) is 27.0. The number of nitrogens with one attached hydrogen (secondary N) is 1. The van der Waals surface area contributed by atoms with Crippen LogP contribution in [0.3, 0.4) is 0 Å². The molecular weight excluding hydrogens is 456 g/mol. The number of amides is 2. The first-order valence-electron chi connectivity index (χ1n) is 10.7. The fourth-order valence-corrected chi connectivity index (χ4v) is 4.89. The number of ether oxygens (including phenoxy) is 1. The lowest BCUT2D eigenvalue weighted by atomic mass is 10.1. The molecule has 2 amide bonds. The van der Waals surface area contributed by atoms with E-state index >= 15 is 0 Å². The van der Waals surface area contributed by atoms with E-state index in [1.54, 1.807) is 23.9 Å². The van der Waals surface area contributed by atoms with Crippen molar-refractivity contribution in [3.8, 4) is 5.75 Å². The Morgan fingerprint density at radius 3 is 2.36 bits per heavy atom. The molecule has 1 fully saturated rings. The van der Waals surface area contributed by atoms with Crippen molar-refractivity contribution < 1.29 is 14.3 Å². The number of nitrogens with zero attached hydrogens (tertiary/aromatic N) is 1. The summed E-state index contributed by atoms with van der Waals surface area (Å²) in [5, 5.41) is 3.49. The molecule has 170 valence electrons. The molecule has 0 unspecified atom stereocenters. The van der Waals surface area contributed by atoms with E-state index in [4.69, 9.17) is 16.3 Å². The second kappa shape index (κ2) is 10.3. The smallest absolute Gasteiger partial charge is 0.255 e. The molecule has 1 atom stereocenters. The van der Waals surface area contributed by atoms with Crippen molar-refractivity contribution in [2.45, 2.75) is 31.9 Å². The quantitative estimate of drug-likeness (QED) is 0.440. The van der Waals surface area contributed by atoms with E-state index in [9.17, 15) is 9.59 Å². The highest BCUT2D eigenvalue weighted by molar-refractivity contribution is 8.00. The minimum Gasteiger partial charge on any atom is -0.491 e. The summed E-state index contributed by atoms with van der Waals surface area (Å²) < 4.78 is 5.63. The van der Waals surface area contributed by atoms with Gasteiger partial charge < -0.3 is 15.0 Å². The van der Waals surface area contributed by atoms with E-state index in [1.165, 1.54) is 0 Å². The number of thioether (sulfide) groups is 1. The zero-order valence-electron chi connectivity index (χ0n) is 18.5. The Hall–Kier alpha value is -2.96. The number of rotatable bonds is 7. The number of halogens is 1. The second-order valence-corrected chi connectivity index (χ2v) is 9.58. The Morgan fingerprint density at radius 2 is 1.73 bits per heavy atom. The molecule has 3 aromatic carbocycles. The molecule has 0 aliphatic carbocycles. The van der Waals surface area contributed by atoms with Crippen LogP contribution in [0.4, 0.5) is 5.69 Å². The summed E-state index contributed by atoms with van der Waals surface area (Å²) in [5.74, 6) is 1.12. The van der Waals surface area contributed by atoms with E-state index in [-0.39, 0.29) is 23.3 Å². The first kappa shape index (κ1) is 23.2. The number of hydrogen-bond acceptors (Lipinski definition) is 4. The molecule has 1 heterocycles. The number of anilines is 1. The third kappa shape index (κ3) is 5.89. The molecule has 5 nitrogen and oxygen atoms in total. The van der Waals surface area contributed by atoms with Crippen LogP contribution in [-0.2, 0) is 11.3 Å². The Bertz CT molecular complexity index is 1120. The maximum Gasteiger partial charge on any atom is 0.255 e. The van der Waals surface area contributed by atoms with E-state index in [1.807, 2.05) is 79.4 Å². The Balaban J connectivity index is 1.41. The van der Waals surface area contributed by atoms with Crippen LogP contribution in [0.25, 0.3) is 0 Å². The van der Waals surface area contributed by atoms with Gasteiger partial charge in [0.2, 0.25) is 5.91 Å². The lowest BCUT2D eigenvalue weighted by Crippen LogP contribution is -2.27. The molecule has 7 heteroatoms. The van der Waals surface area contributed by atoms with Crippen molar-refractivity contribution in [1.29, 1.82) is 0 Å². The highest BCUT2D eigenvalue weighted by Gasteiger charge is 2.32. The summed E-state index contributed by atoms with van der Waals surface area (Å²) in [7, 11) is 0. The number of carbonyl (C=O) groups is 2. The maximum absolute atomic E-state index is 12.7. The van der Waals surface area contributed by atoms with Crippen molar-refractivity contribution in [2.75, 3.05) is 11.1 Å². The summed E-state index contributed by atoms with van der Waals surface area (Å²) in [6, 6.07) is 22.3.